The van der Waals surface area contributed by atoms with Gasteiger partial charge in [0.2, 0.25) is 0 Å². The molecule has 0 fully saturated rings. The molecule has 4 nitrogen and oxygen atoms in total. The second-order valence-corrected chi connectivity index (χ2v) is 4.34. The van der Waals surface area contributed by atoms with Crippen LogP contribution in [0.5, 0.6) is 0 Å². The van der Waals surface area contributed by atoms with Gasteiger partial charge in [-0.15, -0.1) is 0 Å². The van der Waals surface area contributed by atoms with Crippen molar-refractivity contribution in [3.63, 3.8) is 0 Å². The molecule has 0 saturated heterocycles. The molecule has 1 unspecified atom stereocenters. The highest BCUT2D eigenvalue weighted by Crippen LogP contribution is 2.22. The van der Waals surface area contributed by atoms with Crippen molar-refractivity contribution < 1.29 is 13.9 Å². The van der Waals surface area contributed by atoms with E-state index >= 15 is 0 Å². The van der Waals surface area contributed by atoms with E-state index in [1.807, 2.05) is 13.0 Å². The maximum atomic E-state index is 13.2. The van der Waals surface area contributed by atoms with Gasteiger partial charge in [-0.05, 0) is 30.7 Å². The van der Waals surface area contributed by atoms with Crippen molar-refractivity contribution in [3.05, 3.63) is 59.7 Å². The lowest BCUT2D eigenvalue weighted by Gasteiger charge is -2.17. The van der Waals surface area contributed by atoms with E-state index in [4.69, 9.17) is 4.74 Å². The van der Waals surface area contributed by atoms with Crippen LogP contribution in [0.3, 0.4) is 0 Å². The van der Waals surface area contributed by atoms with Gasteiger partial charge in [0.15, 0.2) is 0 Å². The van der Waals surface area contributed by atoms with Crippen LogP contribution < -0.4 is 5.32 Å². The maximum absolute atomic E-state index is 13.2. The number of carbonyl (C=O) groups excluding carboxylic acids is 1. The Kier molecular flexibility index (Phi) is 4.30. The first-order valence-corrected chi connectivity index (χ1v) is 6.16. The fourth-order valence-electron chi connectivity index (χ4n) is 1.88. The average molecular weight is 274 g/mol. The predicted molar refractivity (Wildman–Crippen MR) is 74.0 cm³/mol. The number of halogens is 1. The molecule has 1 N–H and O–H groups in total. The molecule has 0 aliphatic rings. The number of benzene rings is 1. The molecule has 2 rings (SSSR count). The predicted octanol–water partition coefficient (Wildman–Crippen LogP) is 3.18. The molecule has 1 heterocycles. The average Bonchev–Trinajstić information content (AvgIpc) is 2.47. The molecule has 104 valence electrons. The van der Waals surface area contributed by atoms with Gasteiger partial charge in [-0.3, -0.25) is 4.98 Å². The summed E-state index contributed by atoms with van der Waals surface area (Å²) in [6.07, 6.45) is 2.74. The van der Waals surface area contributed by atoms with Crippen LogP contribution in [0.1, 0.15) is 28.9 Å². The summed E-state index contributed by atoms with van der Waals surface area (Å²) in [4.78, 5) is 15.5. The molecule has 0 radical (unpaired) electrons. The van der Waals surface area contributed by atoms with Crippen LogP contribution in [0, 0.1) is 5.82 Å². The lowest BCUT2D eigenvalue weighted by atomic mass is 10.1. The number of hydrogen-bond donors (Lipinski definition) is 1. The smallest absolute Gasteiger partial charge is 0.339 e. The number of rotatable bonds is 4. The summed E-state index contributed by atoms with van der Waals surface area (Å²) >= 11 is 0. The number of nitrogens with zero attached hydrogens (tertiary/aromatic N) is 1. The van der Waals surface area contributed by atoms with E-state index in [0.29, 0.717) is 16.8 Å². The summed E-state index contributed by atoms with van der Waals surface area (Å²) in [5.41, 5.74) is 1.77. The van der Waals surface area contributed by atoms with Gasteiger partial charge < -0.3 is 10.1 Å². The van der Waals surface area contributed by atoms with Crippen molar-refractivity contribution in [1.29, 1.82) is 0 Å². The Morgan fingerprint density at radius 1 is 1.35 bits per heavy atom. The summed E-state index contributed by atoms with van der Waals surface area (Å²) < 4.78 is 17.9. The molecule has 0 aliphatic carbocycles. The van der Waals surface area contributed by atoms with Crippen molar-refractivity contribution >= 4 is 11.7 Å². The van der Waals surface area contributed by atoms with Crippen LogP contribution in [0.15, 0.2) is 42.7 Å². The number of esters is 1. The third kappa shape index (κ3) is 3.12. The Labute approximate surface area is 116 Å². The van der Waals surface area contributed by atoms with Gasteiger partial charge in [0.1, 0.15) is 5.82 Å². The van der Waals surface area contributed by atoms with Gasteiger partial charge in [0, 0.05) is 11.9 Å². The molecule has 5 heteroatoms. The van der Waals surface area contributed by atoms with Crippen LogP contribution >= 0.6 is 0 Å². The summed E-state index contributed by atoms with van der Waals surface area (Å²) in [7, 11) is 1.33. The second-order valence-electron chi connectivity index (χ2n) is 4.34. The highest BCUT2D eigenvalue weighted by Gasteiger charge is 2.14. The lowest BCUT2D eigenvalue weighted by Crippen LogP contribution is -2.12. The molecule has 0 bridgehead atoms. The number of anilines is 1. The zero-order valence-electron chi connectivity index (χ0n) is 11.3. The molecule has 1 atom stereocenters. The molecular formula is C15H15FN2O2. The monoisotopic (exact) mass is 274 g/mol. The Hall–Kier alpha value is -2.43. The Bertz CT molecular complexity index is 616. The number of hydrogen-bond acceptors (Lipinski definition) is 4. The zero-order chi connectivity index (χ0) is 14.5. The van der Waals surface area contributed by atoms with Crippen LogP contribution in [0.25, 0.3) is 0 Å². The van der Waals surface area contributed by atoms with E-state index in [1.165, 1.54) is 13.2 Å². The Balaban J connectivity index is 2.24. The Morgan fingerprint density at radius 2 is 2.10 bits per heavy atom. The normalized spacial score (nSPS) is 11.8. The highest BCUT2D eigenvalue weighted by atomic mass is 19.1. The number of nitrogens with one attached hydrogen (secondary N) is 1. The van der Waals surface area contributed by atoms with Gasteiger partial charge in [-0.2, -0.15) is 0 Å². The number of aromatic nitrogens is 1. The first kappa shape index (κ1) is 14.0. The molecule has 2 aromatic rings. The van der Waals surface area contributed by atoms with Crippen LogP contribution in [-0.2, 0) is 4.74 Å². The third-order valence-electron chi connectivity index (χ3n) is 2.93. The van der Waals surface area contributed by atoms with E-state index in [1.54, 1.807) is 24.4 Å². The van der Waals surface area contributed by atoms with E-state index in [9.17, 15) is 9.18 Å². The minimum atomic E-state index is -0.419. The van der Waals surface area contributed by atoms with Crippen molar-refractivity contribution in [2.24, 2.45) is 0 Å². The van der Waals surface area contributed by atoms with Crippen LogP contribution in [0.4, 0.5) is 10.1 Å². The lowest BCUT2D eigenvalue weighted by molar-refractivity contribution is 0.0602. The number of pyridine rings is 1. The topological polar surface area (TPSA) is 51.2 Å². The van der Waals surface area contributed by atoms with E-state index < -0.39 is 11.8 Å². The largest absolute Gasteiger partial charge is 0.465 e. The third-order valence-corrected chi connectivity index (χ3v) is 2.93. The Morgan fingerprint density at radius 3 is 2.80 bits per heavy atom. The van der Waals surface area contributed by atoms with Gasteiger partial charge in [0.25, 0.3) is 0 Å². The van der Waals surface area contributed by atoms with Gasteiger partial charge in [0.05, 0.1) is 24.9 Å². The van der Waals surface area contributed by atoms with Gasteiger partial charge >= 0.3 is 5.97 Å². The molecule has 1 aromatic carbocycles. The first-order valence-electron chi connectivity index (χ1n) is 6.16. The molecule has 0 spiro atoms. The maximum Gasteiger partial charge on any atom is 0.339 e. The second kappa shape index (κ2) is 6.14. The molecular weight excluding hydrogens is 259 g/mol. The van der Waals surface area contributed by atoms with Gasteiger partial charge in [-0.25, -0.2) is 9.18 Å². The molecule has 1 aromatic heterocycles. The van der Waals surface area contributed by atoms with Crippen LogP contribution in [-0.4, -0.2) is 18.1 Å². The number of carbonyl (C=O) groups is 1. The quantitative estimate of drug-likeness (QED) is 0.870. The van der Waals surface area contributed by atoms with Gasteiger partial charge in [-0.1, -0.05) is 12.1 Å². The first-order chi connectivity index (χ1) is 9.61. The summed E-state index contributed by atoms with van der Waals surface area (Å²) in [6, 6.07) is 8.23. The zero-order valence-corrected chi connectivity index (χ0v) is 11.3. The fourth-order valence-corrected chi connectivity index (χ4v) is 1.88. The van der Waals surface area contributed by atoms with E-state index in [-0.39, 0.29) is 6.04 Å². The number of ether oxygens (including phenoxy) is 1. The van der Waals surface area contributed by atoms with Crippen molar-refractivity contribution in [2.45, 2.75) is 13.0 Å². The van der Waals surface area contributed by atoms with Crippen LogP contribution in [0.2, 0.25) is 0 Å². The SMILES string of the molecule is COC(=O)c1ccccc1NC(C)c1cncc(F)c1. The number of methoxy groups -OCH3 is 1. The standard InChI is InChI=1S/C15H15FN2O2/c1-10(11-7-12(16)9-17-8-11)18-14-6-4-3-5-13(14)15(19)20-2/h3-10,18H,1-2H3. The van der Waals surface area contributed by atoms with Crippen molar-refractivity contribution in [2.75, 3.05) is 12.4 Å². The fraction of sp³-hybridized carbons (Fsp3) is 0.200. The summed E-state index contributed by atoms with van der Waals surface area (Å²) in [5.74, 6) is -0.810. The molecule has 0 aliphatic heterocycles. The number of para-hydroxylation sites is 1. The minimum Gasteiger partial charge on any atom is -0.465 e. The summed E-state index contributed by atoms with van der Waals surface area (Å²) in [6.45, 7) is 1.87. The van der Waals surface area contributed by atoms with Crippen molar-refractivity contribution in [3.8, 4) is 0 Å². The molecule has 0 amide bonds. The summed E-state index contributed by atoms with van der Waals surface area (Å²) in [5, 5.41) is 3.16. The van der Waals surface area contributed by atoms with E-state index in [2.05, 4.69) is 10.3 Å². The highest BCUT2D eigenvalue weighted by molar-refractivity contribution is 5.95. The minimum absolute atomic E-state index is 0.191. The molecule has 20 heavy (non-hydrogen) atoms. The van der Waals surface area contributed by atoms with Crippen molar-refractivity contribution in [1.82, 2.24) is 4.98 Å². The van der Waals surface area contributed by atoms with E-state index in [0.717, 1.165) is 6.20 Å². The molecule has 0 saturated carbocycles.